The summed E-state index contributed by atoms with van der Waals surface area (Å²) in [7, 11) is 1.76. The zero-order valence-electron chi connectivity index (χ0n) is 14.1. The number of rotatable bonds is 6. The Morgan fingerprint density at radius 3 is 2.96 bits per heavy atom. The van der Waals surface area contributed by atoms with Gasteiger partial charge >= 0.3 is 0 Å². The minimum Gasteiger partial charge on any atom is -0.379 e. The first-order chi connectivity index (χ1) is 11.2. The third-order valence-corrected chi connectivity index (χ3v) is 5.37. The van der Waals surface area contributed by atoms with Crippen molar-refractivity contribution in [3.8, 4) is 0 Å². The second-order valence-corrected chi connectivity index (χ2v) is 6.74. The average molecular weight is 320 g/mol. The summed E-state index contributed by atoms with van der Waals surface area (Å²) in [6, 6.07) is 0.141. The molecule has 1 aromatic rings. The highest BCUT2D eigenvalue weighted by Crippen LogP contribution is 2.34. The maximum atomic E-state index is 12.3. The molecule has 23 heavy (non-hydrogen) atoms. The van der Waals surface area contributed by atoms with Crippen molar-refractivity contribution in [2.24, 2.45) is 11.8 Å². The predicted molar refractivity (Wildman–Crippen MR) is 88.0 cm³/mol. The van der Waals surface area contributed by atoms with Crippen LogP contribution in [0.4, 0.5) is 0 Å². The fourth-order valence-corrected chi connectivity index (χ4v) is 4.05. The van der Waals surface area contributed by atoms with Gasteiger partial charge < -0.3 is 19.9 Å². The Hall–Kier alpha value is -1.40. The first-order valence-electron chi connectivity index (χ1n) is 8.74. The van der Waals surface area contributed by atoms with Crippen molar-refractivity contribution in [3.05, 3.63) is 18.2 Å². The molecule has 0 radical (unpaired) electrons. The van der Waals surface area contributed by atoms with Crippen molar-refractivity contribution in [3.63, 3.8) is 0 Å². The number of imidazole rings is 1. The molecule has 1 saturated carbocycles. The van der Waals surface area contributed by atoms with Crippen molar-refractivity contribution in [2.75, 3.05) is 20.2 Å². The molecule has 1 saturated heterocycles. The van der Waals surface area contributed by atoms with E-state index in [2.05, 4.69) is 27.1 Å². The molecule has 3 rings (SSSR count). The van der Waals surface area contributed by atoms with E-state index in [0.717, 1.165) is 38.2 Å². The van der Waals surface area contributed by atoms with Crippen molar-refractivity contribution < 1.29 is 9.53 Å². The number of aryl methyl sites for hydroxylation is 2. The predicted octanol–water partition coefficient (Wildman–Crippen LogP) is 0.965. The zero-order valence-corrected chi connectivity index (χ0v) is 14.1. The van der Waals surface area contributed by atoms with Crippen molar-refractivity contribution in [1.82, 2.24) is 20.2 Å². The quantitative estimate of drug-likeness (QED) is 0.819. The van der Waals surface area contributed by atoms with Crippen LogP contribution in [0.5, 0.6) is 0 Å². The van der Waals surface area contributed by atoms with Crippen molar-refractivity contribution >= 4 is 5.91 Å². The second kappa shape index (κ2) is 7.45. The highest BCUT2D eigenvalue weighted by Gasteiger charge is 2.40. The number of hydrogen-bond acceptors (Lipinski definition) is 4. The molecular weight excluding hydrogens is 292 g/mol. The van der Waals surface area contributed by atoms with Crippen molar-refractivity contribution in [2.45, 2.75) is 51.3 Å². The lowest BCUT2D eigenvalue weighted by atomic mass is 9.77. The largest absolute Gasteiger partial charge is 0.379 e. The van der Waals surface area contributed by atoms with Gasteiger partial charge in [0.2, 0.25) is 5.91 Å². The summed E-state index contributed by atoms with van der Waals surface area (Å²) in [6.45, 7) is 4.93. The molecule has 2 fully saturated rings. The van der Waals surface area contributed by atoms with Gasteiger partial charge in [0.15, 0.2) is 0 Å². The SMILES string of the molecule is CCc1nccn1CCC(=O)N[C@H]1C[C@H]2CNC[C@H]2C[C@@H]1OC. The lowest BCUT2D eigenvalue weighted by Crippen LogP contribution is -2.50. The number of ether oxygens (including phenoxy) is 1. The van der Waals surface area contributed by atoms with Crippen LogP contribution in [0.2, 0.25) is 0 Å². The van der Waals surface area contributed by atoms with Crippen LogP contribution in [0, 0.1) is 11.8 Å². The second-order valence-electron chi connectivity index (χ2n) is 6.74. The van der Waals surface area contributed by atoms with Gasteiger partial charge in [0.25, 0.3) is 0 Å². The number of amides is 1. The number of nitrogens with one attached hydrogen (secondary N) is 2. The highest BCUT2D eigenvalue weighted by molar-refractivity contribution is 5.76. The fraction of sp³-hybridized carbons (Fsp3) is 0.765. The topological polar surface area (TPSA) is 68.2 Å². The number of hydrogen-bond donors (Lipinski definition) is 2. The van der Waals surface area contributed by atoms with Gasteiger partial charge in [-0.25, -0.2) is 4.98 Å². The summed E-state index contributed by atoms with van der Waals surface area (Å²) >= 11 is 0. The van der Waals surface area contributed by atoms with E-state index in [1.165, 1.54) is 0 Å². The maximum Gasteiger partial charge on any atom is 0.222 e. The normalized spacial score (nSPS) is 30.2. The molecule has 0 spiro atoms. The summed E-state index contributed by atoms with van der Waals surface area (Å²) in [5.74, 6) is 2.51. The molecule has 6 heteroatoms. The minimum atomic E-state index is 0.109. The van der Waals surface area contributed by atoms with Gasteiger partial charge in [0.1, 0.15) is 5.82 Å². The Kier molecular flexibility index (Phi) is 5.33. The van der Waals surface area contributed by atoms with Crippen LogP contribution in [-0.4, -0.2) is 47.8 Å². The highest BCUT2D eigenvalue weighted by atomic mass is 16.5. The third kappa shape index (κ3) is 3.75. The van der Waals surface area contributed by atoms with Gasteiger partial charge in [-0.1, -0.05) is 6.92 Å². The van der Waals surface area contributed by atoms with E-state index in [-0.39, 0.29) is 18.1 Å². The van der Waals surface area contributed by atoms with E-state index in [1.807, 2.05) is 6.20 Å². The van der Waals surface area contributed by atoms with Gasteiger partial charge in [-0.2, -0.15) is 0 Å². The van der Waals surface area contributed by atoms with Gasteiger partial charge in [0.05, 0.1) is 12.1 Å². The number of fused-ring (bicyclic) bond motifs is 1. The van der Waals surface area contributed by atoms with Crippen LogP contribution < -0.4 is 10.6 Å². The molecule has 6 nitrogen and oxygen atoms in total. The van der Waals surface area contributed by atoms with Crippen LogP contribution in [0.25, 0.3) is 0 Å². The molecule has 128 valence electrons. The average Bonchev–Trinajstić information content (AvgIpc) is 3.20. The van der Waals surface area contributed by atoms with Gasteiger partial charge in [-0.15, -0.1) is 0 Å². The molecule has 1 aliphatic carbocycles. The van der Waals surface area contributed by atoms with Crippen LogP contribution in [0.15, 0.2) is 12.4 Å². The van der Waals surface area contributed by atoms with Crippen molar-refractivity contribution in [1.29, 1.82) is 0 Å². The van der Waals surface area contributed by atoms with Gasteiger partial charge in [-0.3, -0.25) is 4.79 Å². The molecule has 0 aromatic carbocycles. The molecule has 2 heterocycles. The van der Waals surface area contributed by atoms with Crippen LogP contribution in [0.1, 0.15) is 32.0 Å². The Labute approximate surface area is 138 Å². The lowest BCUT2D eigenvalue weighted by molar-refractivity contribution is -0.124. The van der Waals surface area contributed by atoms with Gasteiger partial charge in [-0.05, 0) is 37.8 Å². The Morgan fingerprint density at radius 1 is 1.43 bits per heavy atom. The number of carbonyl (C=O) groups is 1. The van der Waals surface area contributed by atoms with E-state index in [9.17, 15) is 4.79 Å². The van der Waals surface area contributed by atoms with Crippen LogP contribution in [-0.2, 0) is 22.5 Å². The van der Waals surface area contributed by atoms with E-state index < -0.39 is 0 Å². The van der Waals surface area contributed by atoms with E-state index >= 15 is 0 Å². The summed E-state index contributed by atoms with van der Waals surface area (Å²) in [5, 5.41) is 6.67. The van der Waals surface area contributed by atoms with E-state index in [4.69, 9.17) is 4.74 Å². The molecule has 0 bridgehead atoms. The molecule has 2 aliphatic rings. The first kappa shape index (κ1) is 16.5. The van der Waals surface area contributed by atoms with Crippen LogP contribution >= 0.6 is 0 Å². The lowest BCUT2D eigenvalue weighted by Gasteiger charge is -2.37. The summed E-state index contributed by atoms with van der Waals surface area (Å²) in [5.41, 5.74) is 0. The Morgan fingerprint density at radius 2 is 2.22 bits per heavy atom. The minimum absolute atomic E-state index is 0.109. The molecule has 1 aromatic heterocycles. The monoisotopic (exact) mass is 320 g/mol. The first-order valence-corrected chi connectivity index (χ1v) is 8.74. The number of nitrogens with zero attached hydrogens (tertiary/aromatic N) is 2. The molecule has 1 amide bonds. The third-order valence-electron chi connectivity index (χ3n) is 5.37. The number of aromatic nitrogens is 2. The standard InChI is InChI=1S/C17H28N4O2/c1-3-16-19-5-7-21(16)6-4-17(22)20-14-8-12-10-18-11-13(12)9-15(14)23-2/h5,7,12-15,18H,3-4,6,8-11H2,1-2H3,(H,20,22)/t12-,13+,14-,15-/m0/s1. The summed E-state index contributed by atoms with van der Waals surface area (Å²) < 4.78 is 7.70. The fourth-order valence-electron chi connectivity index (χ4n) is 4.05. The maximum absolute atomic E-state index is 12.3. The number of carbonyl (C=O) groups excluding carboxylic acids is 1. The zero-order chi connectivity index (χ0) is 16.2. The summed E-state index contributed by atoms with van der Waals surface area (Å²) in [6.07, 6.45) is 7.32. The molecule has 2 N–H and O–H groups in total. The molecule has 0 unspecified atom stereocenters. The van der Waals surface area contributed by atoms with Gasteiger partial charge in [0, 0.05) is 38.9 Å². The Bertz CT molecular complexity index is 530. The smallest absolute Gasteiger partial charge is 0.222 e. The molecule has 1 aliphatic heterocycles. The molecule has 4 atom stereocenters. The molecular formula is C17H28N4O2. The Balaban J connectivity index is 1.52. The van der Waals surface area contributed by atoms with E-state index in [1.54, 1.807) is 13.3 Å². The summed E-state index contributed by atoms with van der Waals surface area (Å²) in [4.78, 5) is 16.6. The van der Waals surface area contributed by atoms with E-state index in [0.29, 0.717) is 24.8 Å². The van der Waals surface area contributed by atoms with Crippen LogP contribution in [0.3, 0.4) is 0 Å². The number of methoxy groups -OCH3 is 1.